The summed E-state index contributed by atoms with van der Waals surface area (Å²) in [5.74, 6) is 0. The fourth-order valence-electron chi connectivity index (χ4n) is 1.10. The van der Waals surface area contributed by atoms with Crippen molar-refractivity contribution in [2.24, 2.45) is 0 Å². The van der Waals surface area contributed by atoms with Crippen LogP contribution in [0.15, 0.2) is 0 Å². The lowest BCUT2D eigenvalue weighted by Gasteiger charge is -2.34. The number of nitrogens with zero attached hydrogens (tertiary/aromatic N) is 1. The van der Waals surface area contributed by atoms with Gasteiger partial charge in [-0.1, -0.05) is 0 Å². The number of hydrogen-bond acceptors (Lipinski definition) is 4. The Morgan fingerprint density at radius 2 is 1.92 bits per heavy atom. The second-order valence-electron chi connectivity index (χ2n) is 4.02. The molecule has 0 unspecified atom stereocenters. The molecule has 1 N–H and O–H groups in total. The molecule has 0 aromatic heterocycles. The SMILES string of the molecule is CN(CC1OCCO1)C(C)(C)CO. The highest BCUT2D eigenvalue weighted by Gasteiger charge is 2.27. The van der Waals surface area contributed by atoms with E-state index >= 15 is 0 Å². The minimum atomic E-state index is -0.213. The Hall–Kier alpha value is -0.160. The van der Waals surface area contributed by atoms with E-state index < -0.39 is 0 Å². The third-order valence-electron chi connectivity index (χ3n) is 2.53. The summed E-state index contributed by atoms with van der Waals surface area (Å²) in [5, 5.41) is 9.12. The van der Waals surface area contributed by atoms with Crippen LogP contribution in [0.25, 0.3) is 0 Å². The van der Waals surface area contributed by atoms with E-state index in [1.165, 1.54) is 0 Å². The summed E-state index contributed by atoms with van der Waals surface area (Å²) >= 11 is 0. The molecule has 4 heteroatoms. The Balaban J connectivity index is 2.34. The van der Waals surface area contributed by atoms with Gasteiger partial charge in [-0.25, -0.2) is 0 Å². The second kappa shape index (κ2) is 4.37. The normalized spacial score (nSPS) is 20.1. The molecule has 1 saturated heterocycles. The highest BCUT2D eigenvalue weighted by Crippen LogP contribution is 2.14. The largest absolute Gasteiger partial charge is 0.394 e. The molecule has 0 aliphatic carbocycles. The van der Waals surface area contributed by atoms with Gasteiger partial charge in [0.2, 0.25) is 0 Å². The lowest BCUT2D eigenvalue weighted by Crippen LogP contribution is -2.47. The Bertz CT molecular complexity index is 155. The van der Waals surface area contributed by atoms with Crippen molar-refractivity contribution in [2.75, 3.05) is 33.4 Å². The van der Waals surface area contributed by atoms with E-state index in [-0.39, 0.29) is 18.4 Å². The third-order valence-corrected chi connectivity index (χ3v) is 2.53. The van der Waals surface area contributed by atoms with E-state index in [0.717, 1.165) is 0 Å². The van der Waals surface area contributed by atoms with Gasteiger partial charge in [0.15, 0.2) is 6.29 Å². The molecule has 0 amide bonds. The van der Waals surface area contributed by atoms with Crippen molar-refractivity contribution in [1.82, 2.24) is 4.90 Å². The van der Waals surface area contributed by atoms with Crippen LogP contribution in [0.5, 0.6) is 0 Å². The minimum absolute atomic E-state index is 0.129. The number of aliphatic hydroxyl groups is 1. The van der Waals surface area contributed by atoms with Gasteiger partial charge in [0, 0.05) is 12.1 Å². The fourth-order valence-corrected chi connectivity index (χ4v) is 1.10. The van der Waals surface area contributed by atoms with Crippen molar-refractivity contribution in [3.8, 4) is 0 Å². The first-order valence-corrected chi connectivity index (χ1v) is 4.61. The molecule has 4 nitrogen and oxygen atoms in total. The molecule has 1 aliphatic heterocycles. The lowest BCUT2D eigenvalue weighted by molar-refractivity contribution is -0.0770. The van der Waals surface area contributed by atoms with Gasteiger partial charge in [0.25, 0.3) is 0 Å². The first kappa shape index (κ1) is 10.9. The van der Waals surface area contributed by atoms with E-state index in [1.807, 2.05) is 25.8 Å². The van der Waals surface area contributed by atoms with Crippen LogP contribution < -0.4 is 0 Å². The molecule has 1 rings (SSSR count). The zero-order chi connectivity index (χ0) is 9.90. The van der Waals surface area contributed by atoms with Crippen LogP contribution in [0.3, 0.4) is 0 Å². The number of ether oxygens (including phenoxy) is 2. The van der Waals surface area contributed by atoms with E-state index in [1.54, 1.807) is 0 Å². The molecule has 78 valence electrons. The van der Waals surface area contributed by atoms with Crippen LogP contribution >= 0.6 is 0 Å². The summed E-state index contributed by atoms with van der Waals surface area (Å²) in [6.45, 7) is 6.17. The van der Waals surface area contributed by atoms with Crippen molar-refractivity contribution in [3.63, 3.8) is 0 Å². The van der Waals surface area contributed by atoms with Gasteiger partial charge in [-0.15, -0.1) is 0 Å². The lowest BCUT2D eigenvalue weighted by atomic mass is 10.1. The van der Waals surface area contributed by atoms with Crippen molar-refractivity contribution >= 4 is 0 Å². The van der Waals surface area contributed by atoms with Gasteiger partial charge < -0.3 is 14.6 Å². The third kappa shape index (κ3) is 2.91. The maximum atomic E-state index is 9.12. The molecule has 0 saturated carbocycles. The average molecular weight is 189 g/mol. The molecule has 0 spiro atoms. The van der Waals surface area contributed by atoms with Crippen LogP contribution in [0.2, 0.25) is 0 Å². The summed E-state index contributed by atoms with van der Waals surface area (Å²) in [5.41, 5.74) is -0.213. The van der Waals surface area contributed by atoms with E-state index in [4.69, 9.17) is 14.6 Å². The molecular weight excluding hydrogens is 170 g/mol. The van der Waals surface area contributed by atoms with Crippen LogP contribution in [-0.4, -0.2) is 55.2 Å². The predicted octanol–water partition coefficient (Wildman–Crippen LogP) is 0.0620. The molecule has 0 aromatic carbocycles. The number of aliphatic hydroxyl groups excluding tert-OH is 1. The summed E-state index contributed by atoms with van der Waals surface area (Å²) in [6, 6.07) is 0. The van der Waals surface area contributed by atoms with Crippen molar-refractivity contribution in [3.05, 3.63) is 0 Å². The van der Waals surface area contributed by atoms with Crippen LogP contribution in [-0.2, 0) is 9.47 Å². The fraction of sp³-hybridized carbons (Fsp3) is 1.00. The van der Waals surface area contributed by atoms with Crippen LogP contribution in [0, 0.1) is 0 Å². The Morgan fingerprint density at radius 1 is 1.38 bits per heavy atom. The summed E-state index contributed by atoms with van der Waals surface area (Å²) in [7, 11) is 1.96. The van der Waals surface area contributed by atoms with Gasteiger partial charge in [-0.2, -0.15) is 0 Å². The molecular formula is C9H19NO3. The maximum Gasteiger partial charge on any atom is 0.170 e. The molecule has 1 heterocycles. The summed E-state index contributed by atoms with van der Waals surface area (Å²) in [4.78, 5) is 2.04. The van der Waals surface area contributed by atoms with E-state index in [9.17, 15) is 0 Å². The summed E-state index contributed by atoms with van der Waals surface area (Å²) in [6.07, 6.45) is -0.129. The number of hydrogen-bond donors (Lipinski definition) is 1. The zero-order valence-electron chi connectivity index (χ0n) is 8.62. The minimum Gasteiger partial charge on any atom is -0.394 e. The molecule has 0 bridgehead atoms. The molecule has 1 fully saturated rings. The van der Waals surface area contributed by atoms with Crippen molar-refractivity contribution in [2.45, 2.75) is 25.7 Å². The van der Waals surface area contributed by atoms with Gasteiger partial charge in [-0.05, 0) is 20.9 Å². The Morgan fingerprint density at radius 3 is 2.38 bits per heavy atom. The van der Waals surface area contributed by atoms with Crippen molar-refractivity contribution in [1.29, 1.82) is 0 Å². The second-order valence-corrected chi connectivity index (χ2v) is 4.02. The molecule has 1 aliphatic rings. The van der Waals surface area contributed by atoms with Gasteiger partial charge in [0.05, 0.1) is 19.8 Å². The first-order chi connectivity index (χ1) is 6.06. The predicted molar refractivity (Wildman–Crippen MR) is 49.5 cm³/mol. The van der Waals surface area contributed by atoms with E-state index in [2.05, 4.69) is 0 Å². The topological polar surface area (TPSA) is 41.9 Å². The average Bonchev–Trinajstić information content (AvgIpc) is 2.57. The first-order valence-electron chi connectivity index (χ1n) is 4.61. The number of likely N-dealkylation sites (N-methyl/N-ethyl adjacent to an activating group) is 1. The quantitative estimate of drug-likeness (QED) is 0.679. The molecule has 0 aromatic rings. The number of rotatable bonds is 4. The standard InChI is InChI=1S/C9H19NO3/c1-9(2,7-11)10(3)6-8-12-4-5-13-8/h8,11H,4-7H2,1-3H3. The van der Waals surface area contributed by atoms with Gasteiger partial charge >= 0.3 is 0 Å². The Kier molecular flexibility index (Phi) is 3.67. The van der Waals surface area contributed by atoms with Gasteiger partial charge in [-0.3, -0.25) is 4.90 Å². The monoisotopic (exact) mass is 189 g/mol. The zero-order valence-corrected chi connectivity index (χ0v) is 8.62. The molecule has 0 radical (unpaired) electrons. The highest BCUT2D eigenvalue weighted by atomic mass is 16.7. The van der Waals surface area contributed by atoms with Crippen LogP contribution in [0.1, 0.15) is 13.8 Å². The van der Waals surface area contributed by atoms with Crippen LogP contribution in [0.4, 0.5) is 0 Å². The van der Waals surface area contributed by atoms with E-state index in [0.29, 0.717) is 19.8 Å². The van der Waals surface area contributed by atoms with Crippen molar-refractivity contribution < 1.29 is 14.6 Å². The smallest absolute Gasteiger partial charge is 0.170 e. The maximum absolute atomic E-state index is 9.12. The summed E-state index contributed by atoms with van der Waals surface area (Å²) < 4.78 is 10.6. The molecule has 13 heavy (non-hydrogen) atoms. The Labute approximate surface area is 79.4 Å². The molecule has 0 atom stereocenters. The van der Waals surface area contributed by atoms with Gasteiger partial charge in [0.1, 0.15) is 0 Å². The highest BCUT2D eigenvalue weighted by molar-refractivity contribution is 4.78.